The van der Waals surface area contributed by atoms with Crippen LogP contribution in [0.25, 0.3) is 22.3 Å². The number of sulfone groups is 1. The van der Waals surface area contributed by atoms with Gasteiger partial charge in [0.1, 0.15) is 11.5 Å². The van der Waals surface area contributed by atoms with Gasteiger partial charge in [-0.05, 0) is 61.4 Å². The lowest BCUT2D eigenvalue weighted by molar-refractivity contribution is 0.415. The summed E-state index contributed by atoms with van der Waals surface area (Å²) in [6, 6.07) is 25.8. The van der Waals surface area contributed by atoms with E-state index in [2.05, 4.69) is 0 Å². The summed E-state index contributed by atoms with van der Waals surface area (Å²) < 4.78 is 38.6. The minimum Gasteiger partial charge on any atom is -0.497 e. The average molecular weight is 459 g/mol. The highest BCUT2D eigenvalue weighted by atomic mass is 32.2. The summed E-state index contributed by atoms with van der Waals surface area (Å²) in [7, 11) is -0.610. The third-order valence-corrected chi connectivity index (χ3v) is 7.52. The van der Waals surface area contributed by atoms with Crippen LogP contribution in [0.5, 0.6) is 11.5 Å². The van der Waals surface area contributed by atoms with E-state index in [4.69, 9.17) is 9.47 Å². The number of benzene rings is 4. The van der Waals surface area contributed by atoms with Crippen molar-refractivity contribution in [2.45, 2.75) is 23.6 Å². The Hall–Kier alpha value is -3.57. The molecule has 0 saturated heterocycles. The molecule has 4 rings (SSSR count). The van der Waals surface area contributed by atoms with E-state index in [9.17, 15) is 8.42 Å². The topological polar surface area (TPSA) is 52.6 Å². The monoisotopic (exact) mass is 458 g/mol. The van der Waals surface area contributed by atoms with E-state index >= 15 is 0 Å². The molecule has 0 fully saturated rings. The van der Waals surface area contributed by atoms with Crippen LogP contribution in [-0.2, 0) is 9.84 Å². The predicted molar refractivity (Wildman–Crippen MR) is 132 cm³/mol. The van der Waals surface area contributed by atoms with Crippen LogP contribution in [0.15, 0.2) is 94.7 Å². The van der Waals surface area contributed by atoms with Gasteiger partial charge in [-0.25, -0.2) is 8.42 Å². The van der Waals surface area contributed by atoms with E-state index in [-0.39, 0.29) is 9.79 Å². The summed E-state index contributed by atoms with van der Waals surface area (Å²) >= 11 is 0. The Morgan fingerprint density at radius 3 is 1.24 bits per heavy atom. The summed E-state index contributed by atoms with van der Waals surface area (Å²) in [5, 5.41) is 0. The zero-order valence-corrected chi connectivity index (χ0v) is 19.9. The third-order valence-electron chi connectivity index (χ3n) is 5.65. The van der Waals surface area contributed by atoms with Crippen LogP contribution >= 0.6 is 0 Å². The molecule has 0 aromatic heterocycles. The van der Waals surface area contributed by atoms with Crippen molar-refractivity contribution in [3.8, 4) is 33.8 Å². The van der Waals surface area contributed by atoms with Gasteiger partial charge < -0.3 is 9.47 Å². The van der Waals surface area contributed by atoms with E-state index < -0.39 is 9.84 Å². The molecule has 0 aliphatic rings. The van der Waals surface area contributed by atoms with Crippen LogP contribution in [0.2, 0.25) is 0 Å². The number of hydrogen-bond acceptors (Lipinski definition) is 4. The van der Waals surface area contributed by atoms with E-state index in [0.29, 0.717) is 11.1 Å². The van der Waals surface area contributed by atoms with Gasteiger partial charge in [-0.1, -0.05) is 59.7 Å². The first-order valence-corrected chi connectivity index (χ1v) is 12.1. The summed E-state index contributed by atoms with van der Waals surface area (Å²) in [5.74, 6) is 1.44. The van der Waals surface area contributed by atoms with Crippen LogP contribution in [-0.4, -0.2) is 22.6 Å². The quantitative estimate of drug-likeness (QED) is 0.331. The fourth-order valence-electron chi connectivity index (χ4n) is 3.87. The van der Waals surface area contributed by atoms with Crippen molar-refractivity contribution in [3.63, 3.8) is 0 Å². The lowest BCUT2D eigenvalue weighted by Gasteiger charge is -2.16. The van der Waals surface area contributed by atoms with Gasteiger partial charge in [0.25, 0.3) is 0 Å². The van der Waals surface area contributed by atoms with E-state index in [1.807, 2.05) is 86.6 Å². The van der Waals surface area contributed by atoms with Crippen LogP contribution in [0.1, 0.15) is 11.1 Å². The Balaban J connectivity index is 1.91. The Kier molecular flexibility index (Phi) is 6.25. The lowest BCUT2D eigenvalue weighted by atomic mass is 10.0. The molecule has 0 bridgehead atoms. The molecular formula is C28H26O4S. The maximum atomic E-state index is 14.0. The van der Waals surface area contributed by atoms with E-state index in [1.165, 1.54) is 0 Å². The molecule has 5 heteroatoms. The Morgan fingerprint density at radius 2 is 0.909 bits per heavy atom. The zero-order chi connectivity index (χ0) is 23.6. The molecule has 0 spiro atoms. The molecule has 4 nitrogen and oxygen atoms in total. The number of ether oxygens (including phenoxy) is 2. The Bertz CT molecular complexity index is 1280. The SMILES string of the molecule is COc1ccc(-c2cc(C)ccc2S(=O)(=O)c2ccc(C)cc2-c2ccc(OC)cc2)cc1. The Morgan fingerprint density at radius 1 is 0.545 bits per heavy atom. The van der Waals surface area contributed by atoms with Gasteiger partial charge in [-0.3, -0.25) is 0 Å². The maximum Gasteiger partial charge on any atom is 0.207 e. The molecule has 4 aromatic rings. The van der Waals surface area contributed by atoms with Gasteiger partial charge in [-0.2, -0.15) is 0 Å². The molecule has 0 aliphatic carbocycles. The second-order valence-electron chi connectivity index (χ2n) is 7.96. The van der Waals surface area contributed by atoms with Gasteiger partial charge in [0.15, 0.2) is 0 Å². The summed E-state index contributed by atoms with van der Waals surface area (Å²) in [5.41, 5.74) is 4.93. The average Bonchev–Trinajstić information content (AvgIpc) is 2.83. The van der Waals surface area contributed by atoms with Crippen molar-refractivity contribution in [2.24, 2.45) is 0 Å². The first kappa shape index (κ1) is 22.6. The molecule has 0 radical (unpaired) electrons. The van der Waals surface area contributed by atoms with E-state index in [1.54, 1.807) is 26.4 Å². The van der Waals surface area contributed by atoms with Crippen LogP contribution in [0, 0.1) is 13.8 Å². The van der Waals surface area contributed by atoms with Crippen molar-refractivity contribution in [1.82, 2.24) is 0 Å². The van der Waals surface area contributed by atoms with Gasteiger partial charge in [-0.15, -0.1) is 0 Å². The second kappa shape index (κ2) is 9.12. The van der Waals surface area contributed by atoms with Crippen molar-refractivity contribution in [2.75, 3.05) is 14.2 Å². The number of aryl methyl sites for hydroxylation is 2. The smallest absolute Gasteiger partial charge is 0.207 e. The third kappa shape index (κ3) is 4.50. The van der Waals surface area contributed by atoms with Gasteiger partial charge in [0, 0.05) is 11.1 Å². The highest BCUT2D eigenvalue weighted by molar-refractivity contribution is 7.91. The van der Waals surface area contributed by atoms with Crippen LogP contribution < -0.4 is 9.47 Å². The fourth-order valence-corrected chi connectivity index (χ4v) is 5.53. The highest BCUT2D eigenvalue weighted by Crippen LogP contribution is 2.37. The molecule has 168 valence electrons. The number of methoxy groups -OCH3 is 2. The van der Waals surface area contributed by atoms with Crippen molar-refractivity contribution < 1.29 is 17.9 Å². The normalized spacial score (nSPS) is 11.3. The van der Waals surface area contributed by atoms with Crippen molar-refractivity contribution >= 4 is 9.84 Å². The number of rotatable bonds is 6. The second-order valence-corrected chi connectivity index (χ2v) is 9.85. The van der Waals surface area contributed by atoms with Gasteiger partial charge >= 0.3 is 0 Å². The van der Waals surface area contributed by atoms with Gasteiger partial charge in [0.05, 0.1) is 24.0 Å². The Labute approximate surface area is 195 Å². The maximum absolute atomic E-state index is 14.0. The molecule has 33 heavy (non-hydrogen) atoms. The first-order chi connectivity index (χ1) is 15.8. The standard InChI is InChI=1S/C28H26O4S/c1-19-5-15-27(25(17-19)21-7-11-23(31-3)12-8-21)33(29,30)28-16-6-20(2)18-26(28)22-9-13-24(32-4)14-10-22/h5-18H,1-4H3. The molecule has 4 aromatic carbocycles. The molecule has 0 amide bonds. The molecule has 0 heterocycles. The minimum absolute atomic E-state index is 0.275. The van der Waals surface area contributed by atoms with Crippen molar-refractivity contribution in [3.05, 3.63) is 96.1 Å². The summed E-state index contributed by atoms with van der Waals surface area (Å²) in [6.45, 7) is 3.91. The van der Waals surface area contributed by atoms with E-state index in [0.717, 1.165) is 33.8 Å². The predicted octanol–water partition coefficient (Wildman–Crippen LogP) is 6.49. The van der Waals surface area contributed by atoms with Crippen LogP contribution in [0.4, 0.5) is 0 Å². The molecule has 0 aliphatic heterocycles. The van der Waals surface area contributed by atoms with Crippen LogP contribution in [0.3, 0.4) is 0 Å². The zero-order valence-electron chi connectivity index (χ0n) is 19.1. The summed E-state index contributed by atoms with van der Waals surface area (Å²) in [4.78, 5) is 0.550. The largest absolute Gasteiger partial charge is 0.497 e. The van der Waals surface area contributed by atoms with Gasteiger partial charge in [0.2, 0.25) is 9.84 Å². The molecule has 0 atom stereocenters. The fraction of sp³-hybridized carbons (Fsp3) is 0.143. The van der Waals surface area contributed by atoms with Crippen molar-refractivity contribution in [1.29, 1.82) is 0 Å². The molecule has 0 saturated carbocycles. The number of hydrogen-bond donors (Lipinski definition) is 0. The molecular weight excluding hydrogens is 432 g/mol. The summed E-state index contributed by atoms with van der Waals surface area (Å²) in [6.07, 6.45) is 0. The molecule has 0 unspecified atom stereocenters. The first-order valence-electron chi connectivity index (χ1n) is 10.6. The lowest BCUT2D eigenvalue weighted by Crippen LogP contribution is -2.06. The highest BCUT2D eigenvalue weighted by Gasteiger charge is 2.25. The molecule has 0 N–H and O–H groups in total. The minimum atomic E-state index is -3.82.